The summed E-state index contributed by atoms with van der Waals surface area (Å²) in [5, 5.41) is 7.82. The Morgan fingerprint density at radius 2 is 1.82 bits per heavy atom. The van der Waals surface area contributed by atoms with E-state index in [-0.39, 0.29) is 0 Å². The number of hydrogen-bond donors (Lipinski definition) is 1. The predicted molar refractivity (Wildman–Crippen MR) is 77.1 cm³/mol. The first-order valence-corrected chi connectivity index (χ1v) is 7.44. The number of benzene rings is 1. The van der Waals surface area contributed by atoms with Crippen LogP contribution in [0.3, 0.4) is 0 Å². The minimum Gasteiger partial charge on any atom is -0.486 e. The Kier molecular flexibility index (Phi) is 7.00. The van der Waals surface area contributed by atoms with Crippen LogP contribution in [0.4, 0.5) is 13.2 Å². The molecule has 3 nitrogen and oxygen atoms in total. The van der Waals surface area contributed by atoms with E-state index < -0.39 is 45.9 Å². The van der Waals surface area contributed by atoms with Crippen molar-refractivity contribution in [2.24, 2.45) is 0 Å². The van der Waals surface area contributed by atoms with Gasteiger partial charge in [-0.25, -0.2) is 13.6 Å². The molecule has 1 N–H and O–H groups in total. The lowest BCUT2D eigenvalue weighted by Crippen LogP contribution is -2.16. The molecule has 0 heterocycles. The minimum absolute atomic E-state index is 0.502. The van der Waals surface area contributed by atoms with E-state index in [1.54, 1.807) is 6.92 Å². The number of ether oxygens (including phenoxy) is 1. The van der Waals surface area contributed by atoms with Crippen molar-refractivity contribution in [2.45, 2.75) is 52.1 Å². The Hall–Kier alpha value is -1.43. The third-order valence-electron chi connectivity index (χ3n) is 3.22. The summed E-state index contributed by atoms with van der Waals surface area (Å²) in [5.74, 6) is -7.67. The number of hydrogen-bond acceptors (Lipinski definition) is 2. The van der Waals surface area contributed by atoms with Crippen molar-refractivity contribution in [2.75, 3.05) is 0 Å². The first-order chi connectivity index (χ1) is 10.3. The highest BCUT2D eigenvalue weighted by Crippen LogP contribution is 2.36. The van der Waals surface area contributed by atoms with E-state index in [1.165, 1.54) is 0 Å². The fourth-order valence-electron chi connectivity index (χ4n) is 2.02. The van der Waals surface area contributed by atoms with E-state index in [0.29, 0.717) is 6.42 Å². The Labute approximate surface area is 132 Å². The molecule has 1 atom stereocenters. The van der Waals surface area contributed by atoms with Crippen molar-refractivity contribution in [3.05, 3.63) is 28.0 Å². The summed E-state index contributed by atoms with van der Waals surface area (Å²) >= 11 is 5.58. The van der Waals surface area contributed by atoms with Crippen LogP contribution in [0.1, 0.15) is 56.3 Å². The topological polar surface area (TPSA) is 46.5 Å². The number of carbonyl (C=O) groups is 1. The van der Waals surface area contributed by atoms with Crippen LogP contribution in [-0.2, 0) is 0 Å². The molecule has 7 heteroatoms. The third kappa shape index (κ3) is 4.29. The van der Waals surface area contributed by atoms with Gasteiger partial charge >= 0.3 is 5.97 Å². The molecule has 124 valence electrons. The van der Waals surface area contributed by atoms with Crippen molar-refractivity contribution >= 4 is 17.6 Å². The number of aromatic carboxylic acids is 1. The van der Waals surface area contributed by atoms with Gasteiger partial charge in [0.2, 0.25) is 5.82 Å². The maximum atomic E-state index is 13.9. The molecule has 0 bridgehead atoms. The second-order valence-corrected chi connectivity index (χ2v) is 5.42. The quantitative estimate of drug-likeness (QED) is 0.524. The molecule has 0 saturated carbocycles. The second-order valence-electron chi connectivity index (χ2n) is 5.04. The van der Waals surface area contributed by atoms with Gasteiger partial charge in [0.25, 0.3) is 0 Å². The van der Waals surface area contributed by atoms with Gasteiger partial charge in [0, 0.05) is 0 Å². The highest BCUT2D eigenvalue weighted by molar-refractivity contribution is 6.32. The van der Waals surface area contributed by atoms with Gasteiger partial charge in [0.15, 0.2) is 17.4 Å². The average molecular weight is 339 g/mol. The number of halogens is 4. The lowest BCUT2D eigenvalue weighted by Gasteiger charge is -2.17. The van der Waals surface area contributed by atoms with Gasteiger partial charge < -0.3 is 9.84 Å². The Balaban J connectivity index is 2.94. The van der Waals surface area contributed by atoms with Gasteiger partial charge in [-0.1, -0.05) is 37.8 Å². The number of unbranched alkanes of at least 4 members (excludes halogenated alkanes) is 3. The molecule has 0 amide bonds. The van der Waals surface area contributed by atoms with E-state index in [1.807, 2.05) is 0 Å². The zero-order chi connectivity index (χ0) is 16.9. The van der Waals surface area contributed by atoms with Gasteiger partial charge in [0.05, 0.1) is 6.10 Å². The first-order valence-electron chi connectivity index (χ1n) is 7.07. The standard InChI is InChI=1S/C15H18ClF3O3/c1-3-4-5-6-7-8(2)22-14-10(16)11(17)9(15(20)21)12(18)13(14)19/h8H,3-7H2,1-2H3,(H,20,21). The van der Waals surface area contributed by atoms with Crippen molar-refractivity contribution in [3.63, 3.8) is 0 Å². The number of carboxylic acid groups (broad SMARTS) is 1. The van der Waals surface area contributed by atoms with Crippen molar-refractivity contribution in [3.8, 4) is 5.75 Å². The zero-order valence-corrected chi connectivity index (χ0v) is 13.1. The highest BCUT2D eigenvalue weighted by Gasteiger charge is 2.29. The molecular formula is C15H18ClF3O3. The molecule has 0 aromatic heterocycles. The molecule has 0 fully saturated rings. The maximum Gasteiger partial charge on any atom is 0.341 e. The van der Waals surface area contributed by atoms with Crippen LogP contribution in [0.15, 0.2) is 0 Å². The van der Waals surface area contributed by atoms with Gasteiger partial charge in [-0.2, -0.15) is 4.39 Å². The fourth-order valence-corrected chi connectivity index (χ4v) is 2.24. The van der Waals surface area contributed by atoms with E-state index in [2.05, 4.69) is 6.92 Å². The maximum absolute atomic E-state index is 13.9. The summed E-state index contributed by atoms with van der Waals surface area (Å²) in [6, 6.07) is 0. The van der Waals surface area contributed by atoms with Crippen LogP contribution in [0.5, 0.6) is 5.75 Å². The van der Waals surface area contributed by atoms with Crippen molar-refractivity contribution < 1.29 is 27.8 Å². The molecule has 1 aromatic rings. The zero-order valence-electron chi connectivity index (χ0n) is 12.4. The van der Waals surface area contributed by atoms with Crippen molar-refractivity contribution in [1.29, 1.82) is 0 Å². The Bertz CT molecular complexity index is 520. The summed E-state index contributed by atoms with van der Waals surface area (Å²) in [5.41, 5.74) is -1.43. The first kappa shape index (κ1) is 18.6. The third-order valence-corrected chi connectivity index (χ3v) is 3.56. The number of carboxylic acids is 1. The molecule has 0 saturated heterocycles. The van der Waals surface area contributed by atoms with Crippen LogP contribution in [0.2, 0.25) is 5.02 Å². The summed E-state index contributed by atoms with van der Waals surface area (Å²) in [6.07, 6.45) is 3.98. The van der Waals surface area contributed by atoms with Gasteiger partial charge in [-0.15, -0.1) is 0 Å². The molecule has 0 radical (unpaired) electrons. The average Bonchev–Trinajstić information content (AvgIpc) is 2.46. The van der Waals surface area contributed by atoms with Gasteiger partial charge in [-0.3, -0.25) is 0 Å². The summed E-state index contributed by atoms with van der Waals surface area (Å²) < 4.78 is 46.4. The molecule has 0 spiro atoms. The van der Waals surface area contributed by atoms with E-state index >= 15 is 0 Å². The van der Waals surface area contributed by atoms with E-state index in [4.69, 9.17) is 21.4 Å². The van der Waals surface area contributed by atoms with Crippen LogP contribution in [0, 0.1) is 17.5 Å². The summed E-state index contributed by atoms with van der Waals surface area (Å²) in [4.78, 5) is 10.7. The van der Waals surface area contributed by atoms with Crippen molar-refractivity contribution in [1.82, 2.24) is 0 Å². The lowest BCUT2D eigenvalue weighted by molar-refractivity contribution is 0.0684. The van der Waals surface area contributed by atoms with Crippen LogP contribution in [-0.4, -0.2) is 17.2 Å². The molecule has 0 aliphatic heterocycles. The molecule has 0 aliphatic carbocycles. The van der Waals surface area contributed by atoms with E-state index in [0.717, 1.165) is 25.7 Å². The largest absolute Gasteiger partial charge is 0.486 e. The molecule has 1 unspecified atom stereocenters. The monoisotopic (exact) mass is 338 g/mol. The molecule has 1 rings (SSSR count). The smallest absolute Gasteiger partial charge is 0.341 e. The second kappa shape index (κ2) is 8.27. The van der Waals surface area contributed by atoms with Gasteiger partial charge in [0.1, 0.15) is 10.6 Å². The molecule has 22 heavy (non-hydrogen) atoms. The van der Waals surface area contributed by atoms with Crippen LogP contribution < -0.4 is 4.74 Å². The van der Waals surface area contributed by atoms with Gasteiger partial charge in [-0.05, 0) is 19.8 Å². The minimum atomic E-state index is -1.94. The van der Waals surface area contributed by atoms with Crippen LogP contribution in [0.25, 0.3) is 0 Å². The predicted octanol–water partition coefficient (Wildman–Crippen LogP) is 5.19. The lowest BCUT2D eigenvalue weighted by atomic mass is 10.1. The summed E-state index contributed by atoms with van der Waals surface area (Å²) in [7, 11) is 0. The normalized spacial score (nSPS) is 12.3. The Morgan fingerprint density at radius 3 is 2.36 bits per heavy atom. The SMILES string of the molecule is CCCCCCC(C)Oc1c(F)c(F)c(C(=O)O)c(F)c1Cl. The fraction of sp³-hybridized carbons (Fsp3) is 0.533. The number of rotatable bonds is 8. The molecular weight excluding hydrogens is 321 g/mol. The molecule has 0 aliphatic rings. The summed E-state index contributed by atoms with van der Waals surface area (Å²) in [6.45, 7) is 3.69. The Morgan fingerprint density at radius 1 is 1.18 bits per heavy atom. The van der Waals surface area contributed by atoms with E-state index in [9.17, 15) is 18.0 Å². The molecule has 1 aromatic carbocycles. The van der Waals surface area contributed by atoms with Crippen LogP contribution >= 0.6 is 11.6 Å². The highest BCUT2D eigenvalue weighted by atomic mass is 35.5.